The molecule has 20 heavy (non-hydrogen) atoms. The number of carbonyl (C=O) groups is 1. The number of benzene rings is 1. The number of hydrogen-bond acceptors (Lipinski definition) is 3. The molecule has 1 aromatic rings. The topological polar surface area (TPSA) is 63.5 Å². The minimum Gasteiger partial charge on any atom is -0.338 e. The maximum atomic E-state index is 12.5. The van der Waals surface area contributed by atoms with E-state index in [1.54, 1.807) is 11.0 Å². The molecule has 1 heterocycles. The van der Waals surface area contributed by atoms with Crippen molar-refractivity contribution in [2.75, 3.05) is 13.1 Å². The van der Waals surface area contributed by atoms with Gasteiger partial charge in [-0.2, -0.15) is 0 Å². The van der Waals surface area contributed by atoms with Crippen molar-refractivity contribution in [1.82, 2.24) is 4.90 Å². The van der Waals surface area contributed by atoms with Gasteiger partial charge in [0.25, 0.3) is 11.6 Å². The number of carbonyl (C=O) groups excluding carboxylic acids is 1. The lowest BCUT2D eigenvalue weighted by Crippen LogP contribution is -2.32. The molecule has 0 radical (unpaired) electrons. The quantitative estimate of drug-likeness (QED) is 0.610. The Morgan fingerprint density at radius 1 is 1.40 bits per heavy atom. The predicted molar refractivity (Wildman–Crippen MR) is 79.7 cm³/mol. The second kappa shape index (κ2) is 6.35. The molecule has 6 heteroatoms. The molecule has 1 fully saturated rings. The Kier molecular flexibility index (Phi) is 4.75. The monoisotopic (exact) mass is 340 g/mol. The van der Waals surface area contributed by atoms with E-state index in [1.165, 1.54) is 12.1 Å². The van der Waals surface area contributed by atoms with Gasteiger partial charge in [0, 0.05) is 23.6 Å². The molecule has 0 aromatic heterocycles. The van der Waals surface area contributed by atoms with Crippen LogP contribution in [0, 0.1) is 16.0 Å². The molecule has 1 aliphatic heterocycles. The molecule has 1 aromatic carbocycles. The molecule has 0 spiro atoms. The first-order valence-corrected chi connectivity index (χ1v) is 7.51. The van der Waals surface area contributed by atoms with Gasteiger partial charge >= 0.3 is 0 Å². The summed E-state index contributed by atoms with van der Waals surface area (Å²) in [4.78, 5) is 24.8. The van der Waals surface area contributed by atoms with E-state index in [0.29, 0.717) is 23.5 Å². The van der Waals surface area contributed by atoms with E-state index in [2.05, 4.69) is 22.9 Å². The van der Waals surface area contributed by atoms with Crippen molar-refractivity contribution in [1.29, 1.82) is 0 Å². The second-order valence-electron chi connectivity index (χ2n) is 5.25. The number of nitrogens with zero attached hydrogens (tertiary/aromatic N) is 2. The standard InChI is InChI=1S/C14H17BrN2O3/c1-10-3-2-7-16(8-6-10)14(18)12-5-4-11(15)9-13(12)17(19)20/h4-5,9-10H,2-3,6-8H2,1H3/t10-/m0/s1. The minimum absolute atomic E-state index is 0.137. The summed E-state index contributed by atoms with van der Waals surface area (Å²) in [5, 5.41) is 11.1. The Labute approximate surface area is 126 Å². The number of likely N-dealkylation sites (tertiary alicyclic amines) is 1. The summed E-state index contributed by atoms with van der Waals surface area (Å²) >= 11 is 3.20. The first-order valence-electron chi connectivity index (χ1n) is 6.72. The Morgan fingerprint density at radius 2 is 2.15 bits per heavy atom. The smallest absolute Gasteiger partial charge is 0.283 e. The number of nitro groups is 1. The zero-order chi connectivity index (χ0) is 14.7. The van der Waals surface area contributed by atoms with Crippen molar-refractivity contribution in [3.8, 4) is 0 Å². The molecule has 1 saturated heterocycles. The van der Waals surface area contributed by atoms with Crippen molar-refractivity contribution in [3.05, 3.63) is 38.3 Å². The highest BCUT2D eigenvalue weighted by Crippen LogP contribution is 2.26. The van der Waals surface area contributed by atoms with Crippen LogP contribution in [0.15, 0.2) is 22.7 Å². The van der Waals surface area contributed by atoms with Gasteiger partial charge in [0.2, 0.25) is 0 Å². The maximum Gasteiger partial charge on any atom is 0.283 e. The van der Waals surface area contributed by atoms with E-state index in [9.17, 15) is 14.9 Å². The van der Waals surface area contributed by atoms with Gasteiger partial charge in [0.1, 0.15) is 5.56 Å². The number of nitro benzene ring substituents is 1. The van der Waals surface area contributed by atoms with Crippen molar-refractivity contribution >= 4 is 27.5 Å². The lowest BCUT2D eigenvalue weighted by Gasteiger charge is -2.20. The van der Waals surface area contributed by atoms with Crippen LogP contribution >= 0.6 is 15.9 Å². The van der Waals surface area contributed by atoms with E-state index in [4.69, 9.17) is 0 Å². The second-order valence-corrected chi connectivity index (χ2v) is 6.16. The third kappa shape index (κ3) is 3.36. The van der Waals surface area contributed by atoms with E-state index in [1.807, 2.05) is 0 Å². The van der Waals surface area contributed by atoms with Crippen molar-refractivity contribution in [3.63, 3.8) is 0 Å². The largest absolute Gasteiger partial charge is 0.338 e. The van der Waals surface area contributed by atoms with Gasteiger partial charge in [-0.25, -0.2) is 0 Å². The first kappa shape index (κ1) is 15.0. The van der Waals surface area contributed by atoms with Crippen LogP contribution in [0.1, 0.15) is 36.5 Å². The molecule has 108 valence electrons. The SMILES string of the molecule is C[C@H]1CCCN(C(=O)c2ccc(Br)cc2[N+](=O)[O-])CC1. The molecule has 5 nitrogen and oxygen atoms in total. The highest BCUT2D eigenvalue weighted by Gasteiger charge is 2.26. The molecule has 0 N–H and O–H groups in total. The zero-order valence-corrected chi connectivity index (χ0v) is 12.9. The van der Waals surface area contributed by atoms with Gasteiger partial charge in [-0.05, 0) is 37.3 Å². The van der Waals surface area contributed by atoms with Crippen LogP contribution in [0.25, 0.3) is 0 Å². The van der Waals surface area contributed by atoms with Crippen molar-refractivity contribution in [2.24, 2.45) is 5.92 Å². The fourth-order valence-electron chi connectivity index (χ4n) is 2.47. The molecular weight excluding hydrogens is 324 g/mol. The van der Waals surface area contributed by atoms with Gasteiger partial charge in [-0.1, -0.05) is 22.9 Å². The van der Waals surface area contributed by atoms with Crippen LogP contribution in [0.5, 0.6) is 0 Å². The molecule has 0 bridgehead atoms. The third-order valence-electron chi connectivity index (χ3n) is 3.69. The molecule has 1 aliphatic rings. The van der Waals surface area contributed by atoms with Gasteiger partial charge in [0.15, 0.2) is 0 Å². The Bertz CT molecular complexity index is 533. The van der Waals surface area contributed by atoms with Gasteiger partial charge in [-0.15, -0.1) is 0 Å². The summed E-state index contributed by atoms with van der Waals surface area (Å²) in [6.07, 6.45) is 3.01. The Hall–Kier alpha value is -1.43. The predicted octanol–water partition coefficient (Wildman–Crippen LogP) is 3.62. The fraction of sp³-hybridized carbons (Fsp3) is 0.500. The van der Waals surface area contributed by atoms with E-state index < -0.39 is 4.92 Å². The Morgan fingerprint density at radius 3 is 2.85 bits per heavy atom. The molecule has 1 amide bonds. The number of halogens is 1. The molecule has 0 aliphatic carbocycles. The first-order chi connectivity index (χ1) is 9.49. The average Bonchev–Trinajstić information content (AvgIpc) is 2.62. The summed E-state index contributed by atoms with van der Waals surface area (Å²) in [6, 6.07) is 4.58. The lowest BCUT2D eigenvalue weighted by atomic mass is 10.0. The zero-order valence-electron chi connectivity index (χ0n) is 11.3. The fourth-order valence-corrected chi connectivity index (χ4v) is 2.82. The van der Waals surface area contributed by atoms with Gasteiger partial charge < -0.3 is 4.90 Å². The van der Waals surface area contributed by atoms with Crippen LogP contribution in [0.4, 0.5) is 5.69 Å². The number of hydrogen-bond donors (Lipinski definition) is 0. The summed E-state index contributed by atoms with van der Waals surface area (Å²) in [5.74, 6) is 0.367. The van der Waals surface area contributed by atoms with E-state index in [0.717, 1.165) is 19.3 Å². The summed E-state index contributed by atoms with van der Waals surface area (Å²) in [7, 11) is 0. The highest BCUT2D eigenvalue weighted by atomic mass is 79.9. The number of amides is 1. The summed E-state index contributed by atoms with van der Waals surface area (Å²) in [6.45, 7) is 3.53. The van der Waals surface area contributed by atoms with Crippen molar-refractivity contribution < 1.29 is 9.72 Å². The van der Waals surface area contributed by atoms with Crippen LogP contribution in [-0.4, -0.2) is 28.8 Å². The van der Waals surface area contributed by atoms with Crippen LogP contribution in [-0.2, 0) is 0 Å². The van der Waals surface area contributed by atoms with Crippen LogP contribution < -0.4 is 0 Å². The lowest BCUT2D eigenvalue weighted by molar-refractivity contribution is -0.385. The Balaban J connectivity index is 2.26. The number of rotatable bonds is 2. The summed E-state index contributed by atoms with van der Waals surface area (Å²) in [5.41, 5.74) is 0.0365. The van der Waals surface area contributed by atoms with Crippen LogP contribution in [0.3, 0.4) is 0 Å². The van der Waals surface area contributed by atoms with Crippen molar-refractivity contribution in [2.45, 2.75) is 26.2 Å². The minimum atomic E-state index is -0.502. The normalized spacial score (nSPS) is 19.5. The highest BCUT2D eigenvalue weighted by molar-refractivity contribution is 9.10. The molecule has 0 unspecified atom stereocenters. The molecular formula is C14H17BrN2O3. The maximum absolute atomic E-state index is 12.5. The molecule has 0 saturated carbocycles. The third-order valence-corrected chi connectivity index (χ3v) is 4.18. The molecule has 2 rings (SSSR count). The molecule has 1 atom stereocenters. The van der Waals surface area contributed by atoms with E-state index >= 15 is 0 Å². The van der Waals surface area contributed by atoms with Gasteiger partial charge in [-0.3, -0.25) is 14.9 Å². The van der Waals surface area contributed by atoms with Crippen LogP contribution in [0.2, 0.25) is 0 Å². The average molecular weight is 341 g/mol. The van der Waals surface area contributed by atoms with Gasteiger partial charge in [0.05, 0.1) is 4.92 Å². The van der Waals surface area contributed by atoms with E-state index in [-0.39, 0.29) is 17.2 Å². The summed E-state index contributed by atoms with van der Waals surface area (Å²) < 4.78 is 0.602.